The highest BCUT2D eigenvalue weighted by Gasteiger charge is 2.33. The number of imide groups is 1. The molecule has 4 saturated heterocycles. The Bertz CT molecular complexity index is 2520. The van der Waals surface area contributed by atoms with Crippen molar-refractivity contribution in [2.45, 2.75) is 78.0 Å². The lowest BCUT2D eigenvalue weighted by molar-refractivity contribution is -0.120. The number of anilines is 3. The number of benzene rings is 2. The van der Waals surface area contributed by atoms with Gasteiger partial charge in [-0.3, -0.25) is 19.8 Å². The number of nitrogen functional groups attached to an aromatic ring is 1. The van der Waals surface area contributed by atoms with Gasteiger partial charge >= 0.3 is 6.03 Å². The van der Waals surface area contributed by atoms with E-state index in [2.05, 4.69) is 62.9 Å². The van der Waals surface area contributed by atoms with Crippen molar-refractivity contribution in [3.05, 3.63) is 88.7 Å². The summed E-state index contributed by atoms with van der Waals surface area (Å²) >= 11 is 0. The number of fused-ring (bicyclic) bond motifs is 1. The number of hydrogen-bond donors (Lipinski definition) is 3. The number of amides is 4. The molecule has 4 fully saturated rings. The Morgan fingerprint density at radius 2 is 1.71 bits per heavy atom. The fraction of sp³-hybridized carbons (Fsp3) is 0.447. The Hall–Kier alpha value is -6.06. The Morgan fingerprint density at radius 3 is 2.47 bits per heavy atom. The highest BCUT2D eigenvalue weighted by atomic mass is 16.5. The van der Waals surface area contributed by atoms with Crippen LogP contribution in [0, 0.1) is 26.7 Å². The molecule has 4 amide bonds. The van der Waals surface area contributed by atoms with Crippen LogP contribution < -0.4 is 20.9 Å². The maximum absolute atomic E-state index is 14.0. The van der Waals surface area contributed by atoms with Crippen LogP contribution in [0.3, 0.4) is 0 Å². The van der Waals surface area contributed by atoms with Crippen LogP contribution in [0.15, 0.2) is 60.9 Å². The number of nitrogens with zero attached hydrogens (tertiary/aromatic N) is 8. The number of morpholine rings is 1. The molecule has 4 aliphatic heterocycles. The first-order chi connectivity index (χ1) is 29.9. The van der Waals surface area contributed by atoms with Gasteiger partial charge in [0.2, 0.25) is 5.91 Å². The number of aryl methyl sites for hydroxylation is 3. The molecule has 62 heavy (non-hydrogen) atoms. The number of piperidine rings is 2. The molecule has 0 saturated carbocycles. The average molecular weight is 841 g/mol. The van der Waals surface area contributed by atoms with Crippen molar-refractivity contribution in [3.8, 4) is 17.0 Å². The van der Waals surface area contributed by atoms with Gasteiger partial charge in [-0.1, -0.05) is 18.2 Å². The SMILES string of the molecule is Cc1cc([C@@H]2CN(c3cc(-c4ccccc4O)nnc3N)[C@H](C)CO2)c(C)cc1C(=O)N1CCC(CN2CCC(n3cc(C)c4cc(N5CCC(=O)NC5=O)cnc43)CC2)CC1. The van der Waals surface area contributed by atoms with Crippen LogP contribution in [0.4, 0.5) is 22.0 Å². The van der Waals surface area contributed by atoms with Gasteiger partial charge in [0.15, 0.2) is 5.82 Å². The van der Waals surface area contributed by atoms with Crippen LogP contribution in [-0.2, 0) is 9.53 Å². The largest absolute Gasteiger partial charge is 0.507 e. The second kappa shape index (κ2) is 17.0. The van der Waals surface area contributed by atoms with E-state index in [9.17, 15) is 19.5 Å². The van der Waals surface area contributed by atoms with Gasteiger partial charge in [0.05, 0.1) is 29.9 Å². The first-order valence-electron chi connectivity index (χ1n) is 21.9. The second-order valence-electron chi connectivity index (χ2n) is 17.7. The number of phenolic OH excluding ortho intramolecular Hbond substituents is 1. The lowest BCUT2D eigenvalue weighted by Gasteiger charge is -2.40. The van der Waals surface area contributed by atoms with Crippen molar-refractivity contribution < 1.29 is 24.2 Å². The number of nitrogens with one attached hydrogen (secondary N) is 1. The molecule has 4 N–H and O–H groups in total. The number of hydrogen-bond acceptors (Lipinski definition) is 11. The zero-order valence-electron chi connectivity index (χ0n) is 36.0. The van der Waals surface area contributed by atoms with E-state index in [0.717, 1.165) is 103 Å². The maximum Gasteiger partial charge on any atom is 0.328 e. The highest BCUT2D eigenvalue weighted by molar-refractivity contribution is 6.06. The molecule has 4 aliphatic rings. The first-order valence-corrected chi connectivity index (χ1v) is 21.9. The molecular weight excluding hydrogens is 785 g/mol. The molecule has 9 rings (SSSR count). The van der Waals surface area contributed by atoms with Gasteiger partial charge in [-0.2, -0.15) is 0 Å². The van der Waals surface area contributed by atoms with Crippen LogP contribution in [0.25, 0.3) is 22.3 Å². The summed E-state index contributed by atoms with van der Waals surface area (Å²) in [6.45, 7) is 14.2. The van der Waals surface area contributed by atoms with E-state index in [0.29, 0.717) is 54.4 Å². The van der Waals surface area contributed by atoms with E-state index in [4.69, 9.17) is 15.5 Å². The van der Waals surface area contributed by atoms with Gasteiger partial charge in [-0.15, -0.1) is 10.2 Å². The van der Waals surface area contributed by atoms with Crippen molar-refractivity contribution in [2.24, 2.45) is 5.92 Å². The average Bonchev–Trinajstić information content (AvgIpc) is 3.60. The van der Waals surface area contributed by atoms with Gasteiger partial charge in [-0.25, -0.2) is 9.78 Å². The summed E-state index contributed by atoms with van der Waals surface area (Å²) in [4.78, 5) is 51.4. The third-order valence-corrected chi connectivity index (χ3v) is 13.5. The quantitative estimate of drug-likeness (QED) is 0.160. The van der Waals surface area contributed by atoms with Crippen molar-refractivity contribution in [1.82, 2.24) is 34.9 Å². The summed E-state index contributed by atoms with van der Waals surface area (Å²) in [5.41, 5.74) is 14.8. The number of ether oxygens (including phenoxy) is 1. The monoisotopic (exact) mass is 840 g/mol. The van der Waals surface area contributed by atoms with Crippen LogP contribution in [0.2, 0.25) is 0 Å². The molecule has 7 heterocycles. The lowest BCUT2D eigenvalue weighted by atomic mass is 9.92. The molecule has 0 radical (unpaired) electrons. The molecule has 5 aromatic rings. The molecular formula is C47H56N10O5. The van der Waals surface area contributed by atoms with Crippen LogP contribution in [0.5, 0.6) is 5.75 Å². The zero-order chi connectivity index (χ0) is 43.2. The number of urea groups is 1. The van der Waals surface area contributed by atoms with Gasteiger partial charge in [0.25, 0.3) is 5.91 Å². The molecule has 15 nitrogen and oxygen atoms in total. The molecule has 2 aromatic carbocycles. The van der Waals surface area contributed by atoms with E-state index in [1.54, 1.807) is 23.2 Å². The predicted octanol–water partition coefficient (Wildman–Crippen LogP) is 6.31. The van der Waals surface area contributed by atoms with Gasteiger partial charge in [0, 0.05) is 87.0 Å². The van der Waals surface area contributed by atoms with E-state index in [-0.39, 0.29) is 36.1 Å². The molecule has 0 bridgehead atoms. The lowest BCUT2D eigenvalue weighted by Crippen LogP contribution is -2.49. The number of likely N-dealkylation sites (tertiary alicyclic amines) is 2. The summed E-state index contributed by atoms with van der Waals surface area (Å²) in [7, 11) is 0. The topological polar surface area (TPSA) is 175 Å². The van der Waals surface area contributed by atoms with E-state index < -0.39 is 6.03 Å². The van der Waals surface area contributed by atoms with Crippen molar-refractivity contribution >= 4 is 46.1 Å². The normalized spacial score (nSPS) is 20.9. The molecule has 324 valence electrons. The molecule has 0 aliphatic carbocycles. The summed E-state index contributed by atoms with van der Waals surface area (Å²) in [5.74, 6) is 0.838. The number of carbonyl (C=O) groups is 3. The molecule has 0 spiro atoms. The first kappa shape index (κ1) is 41.3. The van der Waals surface area contributed by atoms with Gasteiger partial charge < -0.3 is 34.8 Å². The standard InChI is InChI=1S/C47H56N10O5/c1-28-20-38(29(2)19-36(28)42-26-56(31(4)27-62-42)40-22-39(51-52-44(40)48)35-7-5-6-8-41(35)58)46(60)54-16-9-32(10-17-54)25-53-14-11-33(12-15-53)57-24-30(3)37-21-34(23-49-45(37)57)55-18-13-43(59)50-47(55)61/h5-8,19-24,31-33,42,58H,9-18,25-27H2,1-4H3,(H2,48,52)(H,50,59,61)/t31-,42+/m1/s1. The van der Waals surface area contributed by atoms with Crippen molar-refractivity contribution in [3.63, 3.8) is 0 Å². The van der Waals surface area contributed by atoms with E-state index in [1.807, 2.05) is 42.2 Å². The number of aromatic nitrogens is 4. The summed E-state index contributed by atoms with van der Waals surface area (Å²) in [5, 5.41) is 22.4. The summed E-state index contributed by atoms with van der Waals surface area (Å²) in [6, 6.07) is 15.1. The fourth-order valence-electron chi connectivity index (χ4n) is 9.89. The summed E-state index contributed by atoms with van der Waals surface area (Å²) < 4.78 is 8.74. The van der Waals surface area contributed by atoms with Gasteiger partial charge in [0.1, 0.15) is 17.5 Å². The summed E-state index contributed by atoms with van der Waals surface area (Å²) in [6.07, 6.45) is 8.02. The van der Waals surface area contributed by atoms with E-state index in [1.165, 1.54) is 0 Å². The number of phenols is 1. The molecule has 3 aromatic heterocycles. The number of carbonyl (C=O) groups excluding carboxylic acids is 3. The van der Waals surface area contributed by atoms with Crippen LogP contribution >= 0.6 is 0 Å². The predicted molar refractivity (Wildman–Crippen MR) is 238 cm³/mol. The minimum atomic E-state index is -0.399. The number of rotatable bonds is 8. The number of pyridine rings is 1. The zero-order valence-corrected chi connectivity index (χ0v) is 36.0. The minimum Gasteiger partial charge on any atom is -0.507 e. The van der Waals surface area contributed by atoms with E-state index >= 15 is 0 Å². The van der Waals surface area contributed by atoms with Gasteiger partial charge in [-0.05, 0) is 112 Å². The molecule has 2 atom stereocenters. The van der Waals surface area contributed by atoms with Crippen molar-refractivity contribution in [2.75, 3.05) is 68.0 Å². The fourth-order valence-corrected chi connectivity index (χ4v) is 9.89. The Balaban J connectivity index is 0.788. The molecule has 0 unspecified atom stereocenters. The van der Waals surface area contributed by atoms with Crippen LogP contribution in [-0.4, -0.2) is 111 Å². The number of aromatic hydroxyl groups is 1. The number of para-hydroxylation sites is 1. The van der Waals surface area contributed by atoms with Crippen LogP contribution in [0.1, 0.15) is 83.8 Å². The highest BCUT2D eigenvalue weighted by Crippen LogP contribution is 2.37. The molecule has 15 heteroatoms. The maximum atomic E-state index is 14.0. The Labute approximate surface area is 361 Å². The second-order valence-corrected chi connectivity index (χ2v) is 17.7. The van der Waals surface area contributed by atoms with Crippen molar-refractivity contribution in [1.29, 1.82) is 0 Å². The Kier molecular flexibility index (Phi) is 11.3. The number of nitrogens with two attached hydrogens (primary N) is 1. The minimum absolute atomic E-state index is 0.0310. The Morgan fingerprint density at radius 1 is 0.935 bits per heavy atom. The smallest absolute Gasteiger partial charge is 0.328 e. The third-order valence-electron chi connectivity index (χ3n) is 13.5. The third kappa shape index (κ3) is 8.06.